The van der Waals surface area contributed by atoms with Crippen molar-refractivity contribution in [3.8, 4) is 0 Å². The fourth-order valence-corrected chi connectivity index (χ4v) is 4.07. The molecule has 0 radical (unpaired) electrons. The minimum absolute atomic E-state index is 0.214. The highest BCUT2D eigenvalue weighted by molar-refractivity contribution is 9.10. The monoisotopic (exact) mass is 440 g/mol. The van der Waals surface area contributed by atoms with Crippen molar-refractivity contribution in [2.24, 2.45) is 0 Å². The molecule has 1 aliphatic heterocycles. The van der Waals surface area contributed by atoms with Gasteiger partial charge in [-0.05, 0) is 41.6 Å². The molecule has 0 aromatic rings. The molecule has 150 valence electrons. The van der Waals surface area contributed by atoms with Gasteiger partial charge in [0.05, 0.1) is 7.11 Å². The molecular formula is C21H29BrO5. The Labute approximate surface area is 169 Å². The second-order valence-electron chi connectivity index (χ2n) is 7.04. The molecule has 0 aromatic heterocycles. The lowest BCUT2D eigenvalue weighted by atomic mass is 9.90. The first-order valence-electron chi connectivity index (χ1n) is 9.63. The van der Waals surface area contributed by atoms with Crippen molar-refractivity contribution in [1.29, 1.82) is 0 Å². The Hall–Kier alpha value is -1.24. The molecule has 1 aliphatic carbocycles. The Morgan fingerprint density at radius 3 is 2.70 bits per heavy atom. The van der Waals surface area contributed by atoms with Gasteiger partial charge in [0.2, 0.25) is 10.3 Å². The number of unbranched alkanes of at least 4 members (excludes halogenated alkanes) is 4. The summed E-state index contributed by atoms with van der Waals surface area (Å²) < 4.78 is 8.97. The van der Waals surface area contributed by atoms with E-state index >= 15 is 0 Å². The summed E-state index contributed by atoms with van der Waals surface area (Å²) >= 11 is 3.33. The van der Waals surface area contributed by atoms with E-state index in [0.29, 0.717) is 31.3 Å². The number of ether oxygens (including phenoxy) is 2. The number of Topliss-reactive ketones (excluding diaryl/α,β-unsaturated/α-hetero) is 1. The van der Waals surface area contributed by atoms with Gasteiger partial charge in [0.15, 0.2) is 0 Å². The van der Waals surface area contributed by atoms with Crippen molar-refractivity contribution in [2.75, 3.05) is 7.11 Å². The van der Waals surface area contributed by atoms with Crippen LogP contribution in [0.25, 0.3) is 0 Å². The summed E-state index contributed by atoms with van der Waals surface area (Å²) in [6.07, 6.45) is 15.3. The smallest absolute Gasteiger partial charge is 0.305 e. The van der Waals surface area contributed by atoms with E-state index in [1.807, 2.05) is 12.2 Å². The molecule has 0 amide bonds. The third-order valence-electron chi connectivity index (χ3n) is 4.97. The standard InChI is InChI=1S/C21H29BrO5/c1-3-4-5-6-9-12-15-20(25)16(18(24)21(22)19(20)27-21)13-10-7-8-11-14-17(23)26-2/h7,9-10,12-13,19,25H,3-6,8,11,14-15H2,1-2H3/b10-7+,12-9-,16-13-/t19-,20-,21-/m0/s1. The van der Waals surface area contributed by atoms with Gasteiger partial charge in [0.25, 0.3) is 0 Å². The Balaban J connectivity index is 1.95. The molecular weight excluding hydrogens is 412 g/mol. The van der Waals surface area contributed by atoms with Crippen molar-refractivity contribution in [1.82, 2.24) is 0 Å². The van der Waals surface area contributed by atoms with Crippen molar-refractivity contribution in [3.63, 3.8) is 0 Å². The van der Waals surface area contributed by atoms with Crippen LogP contribution in [0.15, 0.2) is 36.0 Å². The van der Waals surface area contributed by atoms with Gasteiger partial charge >= 0.3 is 5.97 Å². The Bertz CT molecular complexity index is 638. The zero-order valence-corrected chi connectivity index (χ0v) is 17.7. The number of ketones is 1. The first-order chi connectivity index (χ1) is 12.9. The van der Waals surface area contributed by atoms with E-state index in [9.17, 15) is 14.7 Å². The number of hydrogen-bond acceptors (Lipinski definition) is 5. The van der Waals surface area contributed by atoms with E-state index in [1.54, 1.807) is 12.2 Å². The molecule has 1 saturated carbocycles. The SMILES string of the molecule is CCCCC/C=C\C[C@]1(O)/C(=C\C=C\CCCC(=O)OC)C(=O)[C@]2(Br)O[C@H]21. The molecule has 0 bridgehead atoms. The highest BCUT2D eigenvalue weighted by atomic mass is 79.9. The van der Waals surface area contributed by atoms with Gasteiger partial charge in [-0.3, -0.25) is 9.59 Å². The van der Waals surface area contributed by atoms with Crippen LogP contribution in [0.1, 0.15) is 58.3 Å². The number of halogens is 1. The molecule has 1 N–H and O–H groups in total. The van der Waals surface area contributed by atoms with Gasteiger partial charge in [-0.2, -0.15) is 0 Å². The van der Waals surface area contributed by atoms with Gasteiger partial charge in [0, 0.05) is 18.4 Å². The van der Waals surface area contributed by atoms with Crippen molar-refractivity contribution in [3.05, 3.63) is 36.0 Å². The molecule has 0 spiro atoms. The fourth-order valence-electron chi connectivity index (χ4n) is 3.29. The van der Waals surface area contributed by atoms with Gasteiger partial charge in [-0.1, -0.05) is 50.1 Å². The predicted octanol–water partition coefficient (Wildman–Crippen LogP) is 4.14. The summed E-state index contributed by atoms with van der Waals surface area (Å²) in [6, 6.07) is 0. The highest BCUT2D eigenvalue weighted by Crippen LogP contribution is 2.60. The lowest BCUT2D eigenvalue weighted by Crippen LogP contribution is -2.35. The van der Waals surface area contributed by atoms with Crippen LogP contribution in [-0.4, -0.2) is 40.2 Å². The minimum atomic E-state index is -1.31. The number of rotatable bonds is 11. The third-order valence-corrected chi connectivity index (χ3v) is 5.94. The number of aliphatic hydroxyl groups is 1. The molecule has 0 aromatic carbocycles. The van der Waals surface area contributed by atoms with Gasteiger partial charge in [-0.15, -0.1) is 0 Å². The molecule has 2 fully saturated rings. The molecule has 27 heavy (non-hydrogen) atoms. The normalized spacial score (nSPS) is 31.2. The number of hydrogen-bond donors (Lipinski definition) is 1. The molecule has 5 nitrogen and oxygen atoms in total. The quantitative estimate of drug-likeness (QED) is 0.130. The first kappa shape index (κ1) is 22.1. The van der Waals surface area contributed by atoms with Crippen LogP contribution in [0.2, 0.25) is 0 Å². The Morgan fingerprint density at radius 1 is 1.26 bits per heavy atom. The number of methoxy groups -OCH3 is 1. The molecule has 0 unspecified atom stereocenters. The predicted molar refractivity (Wildman–Crippen MR) is 107 cm³/mol. The van der Waals surface area contributed by atoms with E-state index in [0.717, 1.165) is 12.8 Å². The highest BCUT2D eigenvalue weighted by Gasteiger charge is 2.77. The van der Waals surface area contributed by atoms with Crippen LogP contribution in [0.5, 0.6) is 0 Å². The largest absolute Gasteiger partial charge is 0.469 e. The minimum Gasteiger partial charge on any atom is -0.469 e. The summed E-state index contributed by atoms with van der Waals surface area (Å²) in [6.45, 7) is 2.16. The van der Waals surface area contributed by atoms with E-state index < -0.39 is 16.2 Å². The number of carbonyl (C=O) groups excluding carboxylic acids is 2. The second kappa shape index (κ2) is 9.80. The molecule has 2 aliphatic rings. The van der Waals surface area contributed by atoms with Crippen LogP contribution in [0.3, 0.4) is 0 Å². The maximum atomic E-state index is 12.6. The van der Waals surface area contributed by atoms with Crippen molar-refractivity contribution in [2.45, 2.75) is 74.5 Å². The first-order valence-corrected chi connectivity index (χ1v) is 10.4. The Morgan fingerprint density at radius 2 is 2.00 bits per heavy atom. The van der Waals surface area contributed by atoms with Crippen LogP contribution < -0.4 is 0 Å². The fraction of sp³-hybridized carbons (Fsp3) is 0.619. The summed E-state index contributed by atoms with van der Waals surface area (Å²) in [5.74, 6) is -0.445. The maximum absolute atomic E-state index is 12.6. The lowest BCUT2D eigenvalue weighted by Gasteiger charge is -2.23. The summed E-state index contributed by atoms with van der Waals surface area (Å²) in [4.78, 5) is 23.7. The van der Waals surface area contributed by atoms with Crippen LogP contribution in [0.4, 0.5) is 0 Å². The average Bonchev–Trinajstić information content (AvgIpc) is 3.33. The van der Waals surface area contributed by atoms with Crippen molar-refractivity contribution >= 4 is 27.7 Å². The van der Waals surface area contributed by atoms with Crippen LogP contribution >= 0.6 is 15.9 Å². The Kier molecular flexibility index (Phi) is 8.01. The zero-order valence-electron chi connectivity index (χ0n) is 16.1. The zero-order chi connectivity index (χ0) is 19.9. The summed E-state index contributed by atoms with van der Waals surface area (Å²) in [5, 5.41) is 11.1. The molecule has 3 atom stereocenters. The van der Waals surface area contributed by atoms with E-state index in [1.165, 1.54) is 20.0 Å². The number of carbonyl (C=O) groups is 2. The van der Waals surface area contributed by atoms with Gasteiger partial charge < -0.3 is 14.6 Å². The average molecular weight is 441 g/mol. The number of allylic oxidation sites excluding steroid dienone is 4. The number of alkyl halides is 1. The summed E-state index contributed by atoms with van der Waals surface area (Å²) in [5.41, 5.74) is -0.934. The van der Waals surface area contributed by atoms with Crippen LogP contribution in [0, 0.1) is 0 Å². The van der Waals surface area contributed by atoms with Gasteiger partial charge in [-0.25, -0.2) is 0 Å². The molecule has 1 saturated heterocycles. The molecule has 1 heterocycles. The second-order valence-corrected chi connectivity index (χ2v) is 8.22. The number of esters is 1. The summed E-state index contributed by atoms with van der Waals surface area (Å²) in [7, 11) is 1.37. The van der Waals surface area contributed by atoms with Crippen molar-refractivity contribution < 1.29 is 24.2 Å². The maximum Gasteiger partial charge on any atom is 0.305 e. The molecule has 6 heteroatoms. The van der Waals surface area contributed by atoms with E-state index in [4.69, 9.17) is 4.74 Å². The van der Waals surface area contributed by atoms with E-state index in [-0.39, 0.29) is 11.8 Å². The molecule has 2 rings (SSSR count). The third kappa shape index (κ3) is 5.18. The lowest BCUT2D eigenvalue weighted by molar-refractivity contribution is -0.140. The van der Waals surface area contributed by atoms with E-state index in [2.05, 4.69) is 33.7 Å². The number of epoxide rings is 1. The van der Waals surface area contributed by atoms with Crippen LogP contribution in [-0.2, 0) is 19.1 Å². The topological polar surface area (TPSA) is 76.1 Å². The number of fused-ring (bicyclic) bond motifs is 1. The van der Waals surface area contributed by atoms with Gasteiger partial charge in [0.1, 0.15) is 11.7 Å².